The standard InChI is InChI=1S/C13H10ClFN2O2/c1-19-13-11(14)6-9(7-16-13)12(17-18)8-2-4-10(15)5-3-8/h2-7,18H,1H3/b17-12+. The van der Waals surface area contributed by atoms with Crippen LogP contribution >= 0.6 is 11.6 Å². The molecule has 1 heterocycles. The smallest absolute Gasteiger partial charge is 0.232 e. The summed E-state index contributed by atoms with van der Waals surface area (Å²) in [5.41, 5.74) is 1.30. The Bertz CT molecular complexity index is 615. The number of halogens is 2. The van der Waals surface area contributed by atoms with Gasteiger partial charge in [-0.2, -0.15) is 0 Å². The maximum absolute atomic E-state index is 12.9. The number of hydrogen-bond donors (Lipinski definition) is 1. The van der Waals surface area contributed by atoms with Crippen molar-refractivity contribution in [3.05, 3.63) is 58.5 Å². The van der Waals surface area contributed by atoms with Gasteiger partial charge in [-0.05, 0) is 30.3 Å². The van der Waals surface area contributed by atoms with Gasteiger partial charge in [-0.1, -0.05) is 16.8 Å². The summed E-state index contributed by atoms with van der Waals surface area (Å²) in [6, 6.07) is 7.12. The number of pyridine rings is 1. The summed E-state index contributed by atoms with van der Waals surface area (Å²) >= 11 is 5.96. The Balaban J connectivity index is 2.43. The number of rotatable bonds is 3. The molecule has 0 fully saturated rings. The van der Waals surface area contributed by atoms with Crippen LogP contribution in [0.3, 0.4) is 0 Å². The van der Waals surface area contributed by atoms with E-state index in [1.807, 2.05) is 0 Å². The van der Waals surface area contributed by atoms with Crippen LogP contribution in [-0.4, -0.2) is 23.0 Å². The summed E-state index contributed by atoms with van der Waals surface area (Å²) in [7, 11) is 1.45. The molecule has 98 valence electrons. The molecular formula is C13H10ClFN2O2. The van der Waals surface area contributed by atoms with Gasteiger partial charge in [0.25, 0.3) is 0 Å². The summed E-state index contributed by atoms with van der Waals surface area (Å²) in [4.78, 5) is 3.99. The molecule has 6 heteroatoms. The molecule has 0 unspecified atom stereocenters. The SMILES string of the molecule is COc1ncc(/C(=N/O)c2ccc(F)cc2)cc1Cl. The molecule has 19 heavy (non-hydrogen) atoms. The Morgan fingerprint density at radius 1 is 1.32 bits per heavy atom. The van der Waals surface area contributed by atoms with Crippen molar-refractivity contribution in [2.45, 2.75) is 0 Å². The number of benzene rings is 1. The number of aromatic nitrogens is 1. The van der Waals surface area contributed by atoms with Gasteiger partial charge in [0, 0.05) is 17.3 Å². The van der Waals surface area contributed by atoms with Crippen molar-refractivity contribution in [1.29, 1.82) is 0 Å². The molecule has 2 rings (SSSR count). The molecule has 0 radical (unpaired) electrons. The molecule has 0 aliphatic rings. The van der Waals surface area contributed by atoms with Crippen molar-refractivity contribution in [1.82, 2.24) is 4.98 Å². The highest BCUT2D eigenvalue weighted by atomic mass is 35.5. The number of methoxy groups -OCH3 is 1. The molecular weight excluding hydrogens is 271 g/mol. The Morgan fingerprint density at radius 2 is 2.00 bits per heavy atom. The highest BCUT2D eigenvalue weighted by Gasteiger charge is 2.11. The molecule has 0 aliphatic heterocycles. The summed E-state index contributed by atoms with van der Waals surface area (Å²) in [5.74, 6) is -0.0891. The van der Waals surface area contributed by atoms with Crippen LogP contribution in [0.25, 0.3) is 0 Å². The van der Waals surface area contributed by atoms with E-state index in [4.69, 9.17) is 21.5 Å². The molecule has 0 bridgehead atoms. The van der Waals surface area contributed by atoms with Crippen LogP contribution in [0.2, 0.25) is 5.02 Å². The van der Waals surface area contributed by atoms with Crippen LogP contribution < -0.4 is 4.74 Å². The van der Waals surface area contributed by atoms with Gasteiger partial charge in [-0.15, -0.1) is 0 Å². The number of hydrogen-bond acceptors (Lipinski definition) is 4. The molecule has 1 N–H and O–H groups in total. The van der Waals surface area contributed by atoms with E-state index in [-0.39, 0.29) is 17.4 Å². The van der Waals surface area contributed by atoms with Gasteiger partial charge in [-0.3, -0.25) is 0 Å². The molecule has 1 aromatic carbocycles. The third kappa shape index (κ3) is 2.82. The molecule has 0 saturated carbocycles. The first kappa shape index (κ1) is 13.3. The Labute approximate surface area is 114 Å². The van der Waals surface area contributed by atoms with Crippen molar-refractivity contribution in [3.63, 3.8) is 0 Å². The molecule has 0 atom stereocenters. The molecule has 0 spiro atoms. The fourth-order valence-corrected chi connectivity index (χ4v) is 1.84. The summed E-state index contributed by atoms with van der Waals surface area (Å²) in [6.45, 7) is 0. The van der Waals surface area contributed by atoms with E-state index in [0.29, 0.717) is 16.1 Å². The van der Waals surface area contributed by atoms with Crippen LogP contribution in [0.4, 0.5) is 4.39 Å². The van der Waals surface area contributed by atoms with Gasteiger partial charge >= 0.3 is 0 Å². The van der Waals surface area contributed by atoms with E-state index >= 15 is 0 Å². The van der Waals surface area contributed by atoms with E-state index in [2.05, 4.69) is 10.1 Å². The van der Waals surface area contributed by atoms with Crippen molar-refractivity contribution in [2.24, 2.45) is 5.16 Å². The monoisotopic (exact) mass is 280 g/mol. The summed E-state index contributed by atoms with van der Waals surface area (Å²) < 4.78 is 17.8. The van der Waals surface area contributed by atoms with Crippen molar-refractivity contribution < 1.29 is 14.3 Å². The van der Waals surface area contributed by atoms with Crippen LogP contribution in [0.1, 0.15) is 11.1 Å². The third-order valence-corrected chi connectivity index (χ3v) is 2.76. The van der Waals surface area contributed by atoms with Crippen LogP contribution in [0.5, 0.6) is 5.88 Å². The third-order valence-electron chi connectivity index (χ3n) is 2.49. The second-order valence-electron chi connectivity index (χ2n) is 3.67. The lowest BCUT2D eigenvalue weighted by Gasteiger charge is -2.07. The normalized spacial score (nSPS) is 11.4. The Morgan fingerprint density at radius 3 is 2.53 bits per heavy atom. The topological polar surface area (TPSA) is 54.7 Å². The van der Waals surface area contributed by atoms with Gasteiger partial charge in [0.1, 0.15) is 16.6 Å². The van der Waals surface area contributed by atoms with Gasteiger partial charge in [0.15, 0.2) is 0 Å². The second-order valence-corrected chi connectivity index (χ2v) is 4.08. The fraction of sp³-hybridized carbons (Fsp3) is 0.0769. The number of ether oxygens (including phenoxy) is 1. The highest BCUT2D eigenvalue weighted by Crippen LogP contribution is 2.23. The maximum atomic E-state index is 12.9. The Kier molecular flexibility index (Phi) is 3.97. The van der Waals surface area contributed by atoms with Crippen molar-refractivity contribution >= 4 is 17.3 Å². The van der Waals surface area contributed by atoms with E-state index < -0.39 is 0 Å². The van der Waals surface area contributed by atoms with Crippen LogP contribution in [0.15, 0.2) is 41.7 Å². The lowest BCUT2D eigenvalue weighted by molar-refractivity contribution is 0.319. The molecule has 0 aliphatic carbocycles. The highest BCUT2D eigenvalue weighted by molar-refractivity contribution is 6.32. The zero-order valence-corrected chi connectivity index (χ0v) is 10.7. The molecule has 0 saturated heterocycles. The quantitative estimate of drug-likeness (QED) is 0.534. The van der Waals surface area contributed by atoms with Gasteiger partial charge in [0.05, 0.1) is 7.11 Å². The first-order valence-electron chi connectivity index (χ1n) is 5.33. The maximum Gasteiger partial charge on any atom is 0.232 e. The predicted octanol–water partition coefficient (Wildman–Crippen LogP) is 3.11. The van der Waals surface area contributed by atoms with Crippen LogP contribution in [0, 0.1) is 5.82 Å². The van der Waals surface area contributed by atoms with E-state index in [1.165, 1.54) is 37.6 Å². The van der Waals surface area contributed by atoms with E-state index in [9.17, 15) is 4.39 Å². The molecule has 0 amide bonds. The number of oxime groups is 1. The summed E-state index contributed by atoms with van der Waals surface area (Å²) in [5, 5.41) is 12.6. The predicted molar refractivity (Wildman–Crippen MR) is 69.6 cm³/mol. The minimum Gasteiger partial charge on any atom is -0.480 e. The van der Waals surface area contributed by atoms with Crippen LogP contribution in [-0.2, 0) is 0 Å². The fourth-order valence-electron chi connectivity index (χ4n) is 1.59. The lowest BCUT2D eigenvalue weighted by atomic mass is 10.0. The minimum absolute atomic E-state index is 0.247. The molecule has 1 aromatic heterocycles. The van der Waals surface area contributed by atoms with Crippen molar-refractivity contribution in [2.75, 3.05) is 7.11 Å². The van der Waals surface area contributed by atoms with E-state index in [1.54, 1.807) is 6.07 Å². The van der Waals surface area contributed by atoms with E-state index in [0.717, 1.165) is 0 Å². The van der Waals surface area contributed by atoms with Gasteiger partial charge < -0.3 is 9.94 Å². The second kappa shape index (κ2) is 5.67. The summed E-state index contributed by atoms with van der Waals surface area (Å²) in [6.07, 6.45) is 1.46. The first-order chi connectivity index (χ1) is 9.15. The first-order valence-corrected chi connectivity index (χ1v) is 5.71. The lowest BCUT2D eigenvalue weighted by Crippen LogP contribution is -2.04. The average molecular weight is 281 g/mol. The zero-order valence-electron chi connectivity index (χ0n) is 9.97. The molecule has 2 aromatic rings. The largest absolute Gasteiger partial charge is 0.480 e. The average Bonchev–Trinajstić information content (AvgIpc) is 2.42. The van der Waals surface area contributed by atoms with Crippen molar-refractivity contribution in [3.8, 4) is 5.88 Å². The van der Waals surface area contributed by atoms with Gasteiger partial charge in [-0.25, -0.2) is 9.37 Å². The van der Waals surface area contributed by atoms with Gasteiger partial charge in [0.2, 0.25) is 5.88 Å². The number of nitrogens with zero attached hydrogens (tertiary/aromatic N) is 2. The molecule has 4 nitrogen and oxygen atoms in total. The zero-order chi connectivity index (χ0) is 13.8. The minimum atomic E-state index is -0.369. The Hall–Kier alpha value is -2.14.